The summed E-state index contributed by atoms with van der Waals surface area (Å²) in [4.78, 5) is 29.2. The maximum atomic E-state index is 14.0. The van der Waals surface area contributed by atoms with Gasteiger partial charge in [0.15, 0.2) is 11.5 Å². The van der Waals surface area contributed by atoms with E-state index in [1.807, 2.05) is 0 Å². The molecule has 9 heteroatoms. The topological polar surface area (TPSA) is 85.2 Å². The van der Waals surface area contributed by atoms with Crippen molar-refractivity contribution < 1.29 is 37.8 Å². The number of hydrogen-bond acceptors (Lipinski definition) is 7. The second-order valence-corrected chi connectivity index (χ2v) is 7.18. The second kappa shape index (κ2) is 16.4. The Balaban J connectivity index is 2.32. The molecule has 31 heavy (non-hydrogen) atoms. The monoisotopic (exact) mass is 445 g/mol. The molecule has 0 amide bonds. The Hall–Kier alpha value is -2.29. The number of methoxy groups -OCH3 is 1. The maximum Gasteiger partial charge on any atom is 0.511 e. The van der Waals surface area contributed by atoms with Crippen LogP contribution in [0.5, 0.6) is 0 Å². The molecule has 0 fully saturated rings. The number of aromatic nitrogens is 1. The maximum absolute atomic E-state index is 14.0. The summed E-state index contributed by atoms with van der Waals surface area (Å²) in [7, 11) is 1.46. The third-order valence-corrected chi connectivity index (χ3v) is 4.52. The molecule has 0 N–H and O–H groups in total. The average Bonchev–Trinajstić information content (AvgIpc) is 3.09. The van der Waals surface area contributed by atoms with Crippen LogP contribution in [0.1, 0.15) is 82.1 Å². The fraction of sp³-hybridized carbons (Fsp3) is 0.727. The smallest absolute Gasteiger partial charge is 0.432 e. The second-order valence-electron chi connectivity index (χ2n) is 7.18. The molecule has 1 unspecified atom stereocenters. The number of hydrogen-bond donors (Lipinski definition) is 0. The molecule has 1 rings (SSSR count). The van der Waals surface area contributed by atoms with Crippen molar-refractivity contribution in [2.24, 2.45) is 0 Å². The third-order valence-electron chi connectivity index (χ3n) is 4.52. The van der Waals surface area contributed by atoms with Crippen LogP contribution in [-0.4, -0.2) is 50.1 Å². The van der Waals surface area contributed by atoms with Gasteiger partial charge in [-0.1, -0.05) is 51.9 Å². The van der Waals surface area contributed by atoms with Gasteiger partial charge in [-0.3, -0.25) is 0 Å². The Morgan fingerprint density at radius 3 is 2.26 bits per heavy atom. The highest BCUT2D eigenvalue weighted by atomic mass is 19.1. The summed E-state index contributed by atoms with van der Waals surface area (Å²) in [5.41, 5.74) is -0.390. The summed E-state index contributed by atoms with van der Waals surface area (Å²) < 4.78 is 34.3. The fourth-order valence-corrected chi connectivity index (χ4v) is 2.87. The van der Waals surface area contributed by atoms with E-state index >= 15 is 0 Å². The summed E-state index contributed by atoms with van der Waals surface area (Å²) in [6.07, 6.45) is 9.55. The minimum Gasteiger partial charge on any atom is -0.432 e. The molecule has 0 saturated heterocycles. The molecule has 0 aliphatic rings. The molecule has 1 heterocycles. The van der Waals surface area contributed by atoms with E-state index in [0.29, 0.717) is 6.61 Å². The average molecular weight is 446 g/mol. The third kappa shape index (κ3) is 11.6. The van der Waals surface area contributed by atoms with Crippen LogP contribution < -0.4 is 4.84 Å². The first kappa shape index (κ1) is 26.7. The molecule has 1 aromatic rings. The van der Waals surface area contributed by atoms with Crippen LogP contribution >= 0.6 is 0 Å². The van der Waals surface area contributed by atoms with Gasteiger partial charge in [-0.05, 0) is 18.9 Å². The fourth-order valence-electron chi connectivity index (χ4n) is 2.87. The summed E-state index contributed by atoms with van der Waals surface area (Å²) in [6.45, 7) is 4.09. The van der Waals surface area contributed by atoms with Gasteiger partial charge in [0, 0.05) is 20.2 Å². The van der Waals surface area contributed by atoms with Gasteiger partial charge in [0.2, 0.25) is 6.29 Å². The highest BCUT2D eigenvalue weighted by molar-refractivity contribution is 5.88. The molecule has 0 aliphatic carbocycles. The van der Waals surface area contributed by atoms with E-state index in [9.17, 15) is 14.0 Å². The van der Waals surface area contributed by atoms with Crippen molar-refractivity contribution in [2.75, 3.05) is 26.9 Å². The van der Waals surface area contributed by atoms with Gasteiger partial charge in [-0.25, -0.2) is 14.0 Å². The molecule has 0 saturated carbocycles. The van der Waals surface area contributed by atoms with Crippen molar-refractivity contribution in [3.8, 4) is 0 Å². The van der Waals surface area contributed by atoms with E-state index in [1.54, 1.807) is 0 Å². The van der Waals surface area contributed by atoms with Crippen LogP contribution in [0.2, 0.25) is 0 Å². The number of esters is 1. The lowest BCUT2D eigenvalue weighted by Gasteiger charge is -2.15. The molecule has 0 spiro atoms. The quantitative estimate of drug-likeness (QED) is 0.192. The number of halogens is 1. The zero-order valence-corrected chi connectivity index (χ0v) is 18.9. The molecular formula is C22H36FNO7. The standard InChI is InChI=1S/C22H36FNO7/c1-4-5-6-7-8-9-10-11-12-15-29-24-14-13-19(23)20(24)21(25)30-18(2)31-22(26)28-17-16-27-3/h13-14,18H,4-12,15-17H2,1-3H3. The van der Waals surface area contributed by atoms with E-state index in [2.05, 4.69) is 6.92 Å². The van der Waals surface area contributed by atoms with Gasteiger partial charge >= 0.3 is 12.1 Å². The van der Waals surface area contributed by atoms with E-state index < -0.39 is 24.2 Å². The van der Waals surface area contributed by atoms with Gasteiger partial charge in [0.25, 0.3) is 0 Å². The lowest BCUT2D eigenvalue weighted by atomic mass is 10.1. The van der Waals surface area contributed by atoms with Gasteiger partial charge in [0.05, 0.1) is 6.61 Å². The molecule has 0 aromatic carbocycles. The van der Waals surface area contributed by atoms with E-state index in [1.165, 1.54) is 58.8 Å². The van der Waals surface area contributed by atoms with Gasteiger partial charge in [0.1, 0.15) is 13.2 Å². The van der Waals surface area contributed by atoms with Gasteiger partial charge in [-0.2, -0.15) is 4.73 Å². The van der Waals surface area contributed by atoms with Gasteiger partial charge < -0.3 is 23.8 Å². The number of carbonyl (C=O) groups is 2. The van der Waals surface area contributed by atoms with Crippen molar-refractivity contribution in [3.05, 3.63) is 23.8 Å². The van der Waals surface area contributed by atoms with Crippen LogP contribution in [0.15, 0.2) is 12.3 Å². The van der Waals surface area contributed by atoms with E-state index in [4.69, 9.17) is 23.8 Å². The van der Waals surface area contributed by atoms with E-state index in [0.717, 1.165) is 30.1 Å². The summed E-state index contributed by atoms with van der Waals surface area (Å²) in [5, 5.41) is 0. The normalized spacial score (nSPS) is 11.7. The number of unbranched alkanes of at least 4 members (excludes halogenated alkanes) is 8. The van der Waals surface area contributed by atoms with Crippen LogP contribution in [0, 0.1) is 5.82 Å². The Kier molecular flexibility index (Phi) is 14.2. The highest BCUT2D eigenvalue weighted by Gasteiger charge is 2.24. The first-order valence-electron chi connectivity index (χ1n) is 11.0. The Morgan fingerprint density at radius 2 is 1.61 bits per heavy atom. The molecule has 1 atom stereocenters. The van der Waals surface area contributed by atoms with Crippen molar-refractivity contribution >= 4 is 12.1 Å². The first-order chi connectivity index (χ1) is 15.0. The Bertz CT molecular complexity index is 635. The molecule has 1 aromatic heterocycles. The first-order valence-corrected chi connectivity index (χ1v) is 11.0. The number of ether oxygens (including phenoxy) is 4. The molecule has 0 radical (unpaired) electrons. The zero-order valence-electron chi connectivity index (χ0n) is 18.9. The van der Waals surface area contributed by atoms with E-state index in [-0.39, 0.29) is 18.9 Å². The van der Waals surface area contributed by atoms with Crippen molar-refractivity contribution in [2.45, 2.75) is 77.9 Å². The van der Waals surface area contributed by atoms with Crippen LogP contribution in [0.4, 0.5) is 9.18 Å². The Morgan fingerprint density at radius 1 is 0.968 bits per heavy atom. The van der Waals surface area contributed by atoms with Crippen molar-refractivity contribution in [3.63, 3.8) is 0 Å². The molecule has 8 nitrogen and oxygen atoms in total. The molecule has 178 valence electrons. The summed E-state index contributed by atoms with van der Waals surface area (Å²) in [6, 6.07) is 1.11. The van der Waals surface area contributed by atoms with Gasteiger partial charge in [-0.15, -0.1) is 0 Å². The number of carbonyl (C=O) groups excluding carboxylic acids is 2. The largest absolute Gasteiger partial charge is 0.511 e. The van der Waals surface area contributed by atoms with Crippen LogP contribution in [-0.2, 0) is 18.9 Å². The minimum absolute atomic E-state index is 0.000174. The number of rotatable bonds is 17. The SMILES string of the molecule is CCCCCCCCCCCOn1ccc(F)c1C(=O)OC(C)OC(=O)OCCOC. The predicted molar refractivity (Wildman–Crippen MR) is 112 cm³/mol. The molecule has 0 bridgehead atoms. The lowest BCUT2D eigenvalue weighted by molar-refractivity contribution is -0.0854. The van der Waals surface area contributed by atoms with Crippen molar-refractivity contribution in [1.82, 2.24) is 4.73 Å². The number of nitrogens with zero attached hydrogens (tertiary/aromatic N) is 1. The lowest BCUT2D eigenvalue weighted by Crippen LogP contribution is -2.26. The summed E-state index contributed by atoms with van der Waals surface area (Å²) in [5.74, 6) is -1.79. The minimum atomic E-state index is -1.26. The molecule has 0 aliphatic heterocycles. The Labute approximate surface area is 183 Å². The van der Waals surface area contributed by atoms with Crippen molar-refractivity contribution in [1.29, 1.82) is 0 Å². The summed E-state index contributed by atoms with van der Waals surface area (Å²) >= 11 is 0. The zero-order chi connectivity index (χ0) is 22.9. The van der Waals surface area contributed by atoms with Crippen LogP contribution in [0.25, 0.3) is 0 Å². The highest BCUT2D eigenvalue weighted by Crippen LogP contribution is 2.13. The van der Waals surface area contributed by atoms with Crippen LogP contribution in [0.3, 0.4) is 0 Å². The predicted octanol–water partition coefficient (Wildman–Crippen LogP) is 4.89. The molecular weight excluding hydrogens is 409 g/mol.